The zero-order chi connectivity index (χ0) is 12.7. The smallest absolute Gasteiger partial charge is 0.165 e. The number of benzene rings is 1. The molecule has 2 aliphatic rings. The van der Waals surface area contributed by atoms with Gasteiger partial charge < -0.3 is 4.90 Å². The lowest BCUT2D eigenvalue weighted by molar-refractivity contribution is 0.320. The molecule has 0 bridgehead atoms. The highest BCUT2D eigenvalue weighted by atomic mass is 32.2. The van der Waals surface area contributed by atoms with Gasteiger partial charge in [-0.2, -0.15) is 0 Å². The highest BCUT2D eigenvalue weighted by Crippen LogP contribution is 2.35. The van der Waals surface area contributed by atoms with Crippen LogP contribution in [0.3, 0.4) is 0 Å². The molecule has 0 spiro atoms. The molecule has 0 radical (unpaired) electrons. The summed E-state index contributed by atoms with van der Waals surface area (Å²) < 4.78 is 0. The molecule has 1 aromatic carbocycles. The van der Waals surface area contributed by atoms with Gasteiger partial charge in [0.05, 0.1) is 0 Å². The standard InChI is InChI=1S/C15H14N2S2/c1-2-5-12-9-17-13(8-11(12)4-1)10-19-15(17)16-14-6-3-7-18-14/h1-7,13H,8-10H2/t13-/m0/s1. The van der Waals surface area contributed by atoms with Crippen LogP contribution < -0.4 is 0 Å². The fraction of sp³-hybridized carbons (Fsp3) is 0.267. The summed E-state index contributed by atoms with van der Waals surface area (Å²) in [6.45, 7) is 1.01. The number of fused-ring (bicyclic) bond motifs is 2. The van der Waals surface area contributed by atoms with Crippen LogP contribution in [0.25, 0.3) is 0 Å². The maximum Gasteiger partial charge on any atom is 0.165 e. The van der Waals surface area contributed by atoms with E-state index in [1.807, 2.05) is 11.8 Å². The number of thioether (sulfide) groups is 1. The van der Waals surface area contributed by atoms with Crippen molar-refractivity contribution >= 4 is 33.3 Å². The van der Waals surface area contributed by atoms with E-state index < -0.39 is 0 Å². The van der Waals surface area contributed by atoms with E-state index in [-0.39, 0.29) is 0 Å². The number of rotatable bonds is 1. The molecule has 1 saturated heterocycles. The van der Waals surface area contributed by atoms with Gasteiger partial charge in [-0.1, -0.05) is 36.0 Å². The van der Waals surface area contributed by atoms with Crippen molar-refractivity contribution in [3.8, 4) is 0 Å². The van der Waals surface area contributed by atoms with Crippen LogP contribution in [-0.4, -0.2) is 21.9 Å². The number of thiophene rings is 1. The first-order valence-corrected chi connectivity index (χ1v) is 8.35. The Kier molecular flexibility index (Phi) is 2.85. The van der Waals surface area contributed by atoms with E-state index >= 15 is 0 Å². The molecule has 4 heteroatoms. The largest absolute Gasteiger partial charge is 0.343 e. The summed E-state index contributed by atoms with van der Waals surface area (Å²) in [5, 5.41) is 4.39. The van der Waals surface area contributed by atoms with Crippen molar-refractivity contribution in [1.82, 2.24) is 4.90 Å². The van der Waals surface area contributed by atoms with Gasteiger partial charge in [-0.05, 0) is 35.1 Å². The van der Waals surface area contributed by atoms with Crippen LogP contribution in [0.2, 0.25) is 0 Å². The molecule has 0 unspecified atom stereocenters. The number of aliphatic imine (C=N–C) groups is 1. The van der Waals surface area contributed by atoms with Crippen LogP contribution in [0.1, 0.15) is 11.1 Å². The highest BCUT2D eigenvalue weighted by molar-refractivity contribution is 8.14. The fourth-order valence-electron chi connectivity index (χ4n) is 2.74. The lowest BCUT2D eigenvalue weighted by atomic mass is 9.95. The lowest BCUT2D eigenvalue weighted by Gasteiger charge is -2.32. The molecule has 19 heavy (non-hydrogen) atoms. The van der Waals surface area contributed by atoms with Crippen molar-refractivity contribution in [2.75, 3.05) is 5.75 Å². The van der Waals surface area contributed by atoms with Crippen LogP contribution in [-0.2, 0) is 13.0 Å². The molecule has 0 N–H and O–H groups in total. The van der Waals surface area contributed by atoms with Gasteiger partial charge in [0.25, 0.3) is 0 Å². The second-order valence-corrected chi connectivity index (χ2v) is 6.82. The van der Waals surface area contributed by atoms with Crippen LogP contribution in [0.4, 0.5) is 5.00 Å². The van der Waals surface area contributed by atoms with Gasteiger partial charge in [0.2, 0.25) is 0 Å². The maximum absolute atomic E-state index is 4.80. The Balaban J connectivity index is 1.66. The minimum atomic E-state index is 0.624. The van der Waals surface area contributed by atoms with E-state index in [1.54, 1.807) is 11.3 Å². The Labute approximate surface area is 121 Å². The van der Waals surface area contributed by atoms with Crippen molar-refractivity contribution in [3.05, 3.63) is 52.9 Å². The Bertz CT molecular complexity index is 619. The lowest BCUT2D eigenvalue weighted by Crippen LogP contribution is -2.38. The quantitative estimate of drug-likeness (QED) is 0.790. The molecule has 2 nitrogen and oxygen atoms in total. The summed E-state index contributed by atoms with van der Waals surface area (Å²) in [5.74, 6) is 1.17. The highest BCUT2D eigenvalue weighted by Gasteiger charge is 2.34. The molecule has 0 aliphatic carbocycles. The van der Waals surface area contributed by atoms with E-state index in [1.165, 1.54) is 22.0 Å². The van der Waals surface area contributed by atoms with E-state index in [4.69, 9.17) is 4.99 Å². The van der Waals surface area contributed by atoms with Gasteiger partial charge >= 0.3 is 0 Å². The summed E-state index contributed by atoms with van der Waals surface area (Å²) in [6, 6.07) is 13.6. The van der Waals surface area contributed by atoms with Crippen LogP contribution >= 0.6 is 23.1 Å². The number of hydrogen-bond donors (Lipinski definition) is 0. The third-order valence-corrected chi connectivity index (χ3v) is 5.62. The molecule has 1 atom stereocenters. The van der Waals surface area contributed by atoms with Gasteiger partial charge in [0.1, 0.15) is 5.00 Å². The fourth-order valence-corrected chi connectivity index (χ4v) is 4.57. The Hall–Kier alpha value is -1.26. The molecule has 2 aliphatic heterocycles. The molecular weight excluding hydrogens is 272 g/mol. The van der Waals surface area contributed by atoms with Crippen LogP contribution in [0.5, 0.6) is 0 Å². The summed E-state index contributed by atoms with van der Waals surface area (Å²) in [4.78, 5) is 7.28. The van der Waals surface area contributed by atoms with Gasteiger partial charge in [-0.25, -0.2) is 4.99 Å². The molecule has 2 aromatic rings. The second kappa shape index (κ2) is 4.69. The van der Waals surface area contributed by atoms with Crippen molar-refractivity contribution in [2.45, 2.75) is 19.0 Å². The van der Waals surface area contributed by atoms with Crippen molar-refractivity contribution in [1.29, 1.82) is 0 Å². The van der Waals surface area contributed by atoms with Gasteiger partial charge in [0, 0.05) is 18.3 Å². The molecule has 4 rings (SSSR count). The average Bonchev–Trinajstić information content (AvgIpc) is 3.08. The molecule has 1 fully saturated rings. The Morgan fingerprint density at radius 3 is 2.84 bits per heavy atom. The summed E-state index contributed by atoms with van der Waals surface area (Å²) in [5.41, 5.74) is 2.97. The minimum absolute atomic E-state index is 0.624. The molecular formula is C15H14N2S2. The topological polar surface area (TPSA) is 15.6 Å². The van der Waals surface area contributed by atoms with Gasteiger partial charge in [-0.3, -0.25) is 0 Å². The molecule has 1 aromatic heterocycles. The minimum Gasteiger partial charge on any atom is -0.343 e. The predicted molar refractivity (Wildman–Crippen MR) is 83.3 cm³/mol. The van der Waals surface area contributed by atoms with E-state index in [9.17, 15) is 0 Å². The number of hydrogen-bond acceptors (Lipinski definition) is 3. The Morgan fingerprint density at radius 2 is 2.00 bits per heavy atom. The van der Waals surface area contributed by atoms with Gasteiger partial charge in [0.15, 0.2) is 5.17 Å². The van der Waals surface area contributed by atoms with Crippen molar-refractivity contribution in [2.24, 2.45) is 4.99 Å². The third-order valence-electron chi connectivity index (χ3n) is 3.72. The van der Waals surface area contributed by atoms with Gasteiger partial charge in [-0.15, -0.1) is 11.3 Å². The first-order chi connectivity index (χ1) is 9.40. The van der Waals surface area contributed by atoms with E-state index in [0.717, 1.165) is 18.0 Å². The number of amidine groups is 1. The zero-order valence-corrected chi connectivity index (χ0v) is 12.1. The van der Waals surface area contributed by atoms with E-state index in [2.05, 4.69) is 46.7 Å². The molecule has 96 valence electrons. The van der Waals surface area contributed by atoms with Crippen molar-refractivity contribution in [3.63, 3.8) is 0 Å². The SMILES string of the molecule is c1csc(N=C2SC[C@@H]3Cc4ccccc4CN23)c1. The van der Waals surface area contributed by atoms with Crippen molar-refractivity contribution < 1.29 is 0 Å². The third kappa shape index (κ3) is 2.09. The predicted octanol–water partition coefficient (Wildman–Crippen LogP) is 3.91. The molecule has 0 amide bonds. The average molecular weight is 286 g/mol. The second-order valence-electron chi connectivity index (χ2n) is 4.91. The van der Waals surface area contributed by atoms with Crippen LogP contribution in [0.15, 0.2) is 46.8 Å². The monoisotopic (exact) mass is 286 g/mol. The maximum atomic E-state index is 4.80. The normalized spacial score (nSPS) is 23.5. The van der Waals surface area contributed by atoms with E-state index in [0.29, 0.717) is 6.04 Å². The summed E-state index contributed by atoms with van der Waals surface area (Å²) in [6.07, 6.45) is 1.16. The summed E-state index contributed by atoms with van der Waals surface area (Å²) >= 11 is 3.61. The first kappa shape index (κ1) is 11.6. The number of nitrogens with zero attached hydrogens (tertiary/aromatic N) is 2. The summed E-state index contributed by atoms with van der Waals surface area (Å²) in [7, 11) is 0. The zero-order valence-electron chi connectivity index (χ0n) is 10.5. The Morgan fingerprint density at radius 1 is 1.11 bits per heavy atom. The molecule has 0 saturated carbocycles. The first-order valence-electron chi connectivity index (χ1n) is 6.48. The molecule has 3 heterocycles. The van der Waals surface area contributed by atoms with Crippen LogP contribution in [0, 0.1) is 0 Å².